The van der Waals surface area contributed by atoms with Crippen LogP contribution < -0.4 is 0 Å². The first-order valence-electron chi connectivity index (χ1n) is 5.71. The predicted molar refractivity (Wildman–Crippen MR) is 56.5 cm³/mol. The van der Waals surface area contributed by atoms with Gasteiger partial charge in [-0.25, -0.2) is 4.99 Å². The van der Waals surface area contributed by atoms with E-state index >= 15 is 0 Å². The molecule has 1 saturated carbocycles. The molecule has 2 heteroatoms. The van der Waals surface area contributed by atoms with Gasteiger partial charge in [0.2, 0.25) is 0 Å². The van der Waals surface area contributed by atoms with Gasteiger partial charge in [0.05, 0.1) is 17.6 Å². The zero-order chi connectivity index (χ0) is 9.65. The van der Waals surface area contributed by atoms with Crippen molar-refractivity contribution >= 4 is 5.90 Å². The lowest BCUT2D eigenvalue weighted by Gasteiger charge is -2.52. The normalized spacial score (nSPS) is 43.6. The zero-order valence-corrected chi connectivity index (χ0v) is 8.75. The third-order valence-electron chi connectivity index (χ3n) is 4.18. The number of allylic oxidation sites excluding steroid dienone is 1. The molecule has 0 aromatic heterocycles. The summed E-state index contributed by atoms with van der Waals surface area (Å²) in [5.74, 6) is 1.06. The molecule has 3 aliphatic rings. The maximum Gasteiger partial charge on any atom is 0.193 e. The molecule has 14 heavy (non-hydrogen) atoms. The van der Waals surface area contributed by atoms with E-state index in [9.17, 15) is 0 Å². The minimum atomic E-state index is 0.256. The van der Waals surface area contributed by atoms with Crippen molar-refractivity contribution in [3.8, 4) is 0 Å². The van der Waals surface area contributed by atoms with E-state index in [1.807, 2.05) is 6.92 Å². The average Bonchev–Trinajstić information content (AvgIpc) is 2.50. The molecular formula is C12H17NO. The SMILES string of the molecule is CCOC1=NC23CC=CCC12CCC3. The summed E-state index contributed by atoms with van der Waals surface area (Å²) in [7, 11) is 0. The summed E-state index contributed by atoms with van der Waals surface area (Å²) < 4.78 is 5.66. The highest BCUT2D eigenvalue weighted by molar-refractivity contribution is 5.91. The van der Waals surface area contributed by atoms with Gasteiger partial charge in [-0.2, -0.15) is 0 Å². The molecule has 1 aliphatic heterocycles. The molecule has 0 saturated heterocycles. The Morgan fingerprint density at radius 1 is 1.36 bits per heavy atom. The van der Waals surface area contributed by atoms with Crippen LogP contribution in [-0.2, 0) is 4.74 Å². The van der Waals surface area contributed by atoms with E-state index in [1.165, 1.54) is 19.3 Å². The van der Waals surface area contributed by atoms with Crippen molar-refractivity contribution in [2.45, 2.75) is 44.6 Å². The van der Waals surface area contributed by atoms with Crippen LogP contribution in [0.1, 0.15) is 39.0 Å². The van der Waals surface area contributed by atoms with E-state index in [4.69, 9.17) is 9.73 Å². The Morgan fingerprint density at radius 2 is 2.21 bits per heavy atom. The first-order valence-corrected chi connectivity index (χ1v) is 5.71. The topological polar surface area (TPSA) is 21.6 Å². The number of hydrogen-bond donors (Lipinski definition) is 0. The predicted octanol–water partition coefficient (Wildman–Crippen LogP) is 2.69. The molecule has 76 valence electrons. The van der Waals surface area contributed by atoms with Crippen LogP contribution in [-0.4, -0.2) is 18.0 Å². The molecular weight excluding hydrogens is 174 g/mol. The molecule has 2 atom stereocenters. The molecule has 2 nitrogen and oxygen atoms in total. The van der Waals surface area contributed by atoms with Gasteiger partial charge in [-0.15, -0.1) is 0 Å². The summed E-state index contributed by atoms with van der Waals surface area (Å²) in [6, 6.07) is 0. The molecule has 3 rings (SSSR count). The fourth-order valence-electron chi connectivity index (χ4n) is 3.46. The van der Waals surface area contributed by atoms with Crippen LogP contribution in [0.25, 0.3) is 0 Å². The van der Waals surface area contributed by atoms with Gasteiger partial charge in [0, 0.05) is 0 Å². The zero-order valence-electron chi connectivity index (χ0n) is 8.75. The van der Waals surface area contributed by atoms with Gasteiger partial charge in [0.1, 0.15) is 0 Å². The van der Waals surface area contributed by atoms with E-state index in [-0.39, 0.29) is 5.54 Å². The lowest BCUT2D eigenvalue weighted by Crippen LogP contribution is -2.58. The molecule has 0 aromatic rings. The Labute approximate surface area is 85.1 Å². The van der Waals surface area contributed by atoms with E-state index < -0.39 is 0 Å². The van der Waals surface area contributed by atoms with E-state index in [2.05, 4.69) is 12.2 Å². The second-order valence-corrected chi connectivity index (χ2v) is 4.70. The van der Waals surface area contributed by atoms with Gasteiger partial charge in [0.15, 0.2) is 5.90 Å². The van der Waals surface area contributed by atoms with Crippen molar-refractivity contribution in [3.63, 3.8) is 0 Å². The lowest BCUT2D eigenvalue weighted by molar-refractivity contribution is 0.126. The third kappa shape index (κ3) is 0.760. The highest BCUT2D eigenvalue weighted by Crippen LogP contribution is 2.62. The Kier molecular flexibility index (Phi) is 1.59. The standard InChI is InChI=1S/C12H17NO/c1-2-14-10-11-6-3-4-8-12(11,13-10)9-5-7-11/h3-4H,2,5-9H2,1H3. The first-order chi connectivity index (χ1) is 6.83. The van der Waals surface area contributed by atoms with Crippen LogP contribution in [0.2, 0.25) is 0 Å². The fourth-order valence-corrected chi connectivity index (χ4v) is 3.46. The van der Waals surface area contributed by atoms with Crippen LogP contribution in [0, 0.1) is 5.41 Å². The van der Waals surface area contributed by atoms with Gasteiger partial charge in [-0.1, -0.05) is 12.2 Å². The molecule has 0 radical (unpaired) electrons. The summed E-state index contributed by atoms with van der Waals surface area (Å²) in [4.78, 5) is 4.76. The molecule has 1 heterocycles. The summed E-state index contributed by atoms with van der Waals surface area (Å²) in [6.07, 6.45) is 10.8. The third-order valence-corrected chi connectivity index (χ3v) is 4.18. The molecule has 0 spiro atoms. The highest BCUT2D eigenvalue weighted by atomic mass is 16.5. The minimum absolute atomic E-state index is 0.256. The van der Waals surface area contributed by atoms with Gasteiger partial charge in [0.25, 0.3) is 0 Å². The molecule has 0 N–H and O–H groups in total. The molecule has 2 unspecified atom stereocenters. The Balaban J connectivity index is 1.97. The number of nitrogens with zero attached hydrogens (tertiary/aromatic N) is 1. The Morgan fingerprint density at radius 3 is 3.07 bits per heavy atom. The molecule has 0 bridgehead atoms. The average molecular weight is 191 g/mol. The fraction of sp³-hybridized carbons (Fsp3) is 0.750. The molecule has 1 fully saturated rings. The number of rotatable bonds is 1. The summed E-state index contributed by atoms with van der Waals surface area (Å²) in [5.41, 5.74) is 0.573. The van der Waals surface area contributed by atoms with Crippen LogP contribution in [0.3, 0.4) is 0 Å². The largest absolute Gasteiger partial charge is 0.481 e. The second-order valence-electron chi connectivity index (χ2n) is 4.70. The highest BCUT2D eigenvalue weighted by Gasteiger charge is 2.65. The van der Waals surface area contributed by atoms with Gasteiger partial charge < -0.3 is 4.74 Å². The quantitative estimate of drug-likeness (QED) is 0.584. The van der Waals surface area contributed by atoms with E-state index in [1.54, 1.807) is 0 Å². The maximum absolute atomic E-state index is 5.66. The van der Waals surface area contributed by atoms with Gasteiger partial charge in [-0.3, -0.25) is 0 Å². The first kappa shape index (κ1) is 8.51. The van der Waals surface area contributed by atoms with Crippen molar-refractivity contribution < 1.29 is 4.74 Å². The summed E-state index contributed by atoms with van der Waals surface area (Å²) in [6.45, 7) is 2.81. The van der Waals surface area contributed by atoms with E-state index in [0.29, 0.717) is 5.41 Å². The number of ether oxygens (including phenoxy) is 1. The van der Waals surface area contributed by atoms with Crippen molar-refractivity contribution in [1.29, 1.82) is 0 Å². The Hall–Kier alpha value is -0.790. The molecule has 2 aliphatic carbocycles. The van der Waals surface area contributed by atoms with E-state index in [0.717, 1.165) is 25.3 Å². The minimum Gasteiger partial charge on any atom is -0.481 e. The number of hydrogen-bond acceptors (Lipinski definition) is 2. The second kappa shape index (κ2) is 2.62. The van der Waals surface area contributed by atoms with Crippen LogP contribution in [0.4, 0.5) is 0 Å². The van der Waals surface area contributed by atoms with Crippen molar-refractivity contribution in [2.75, 3.05) is 6.61 Å². The maximum atomic E-state index is 5.66. The monoisotopic (exact) mass is 191 g/mol. The summed E-state index contributed by atoms with van der Waals surface area (Å²) >= 11 is 0. The van der Waals surface area contributed by atoms with Crippen molar-refractivity contribution in [2.24, 2.45) is 10.4 Å². The smallest absolute Gasteiger partial charge is 0.193 e. The Bertz CT molecular complexity index is 320. The van der Waals surface area contributed by atoms with Crippen LogP contribution in [0.15, 0.2) is 17.1 Å². The lowest BCUT2D eigenvalue weighted by atomic mass is 9.61. The van der Waals surface area contributed by atoms with Crippen LogP contribution in [0.5, 0.6) is 0 Å². The van der Waals surface area contributed by atoms with Gasteiger partial charge in [-0.05, 0) is 39.0 Å². The molecule has 0 aromatic carbocycles. The van der Waals surface area contributed by atoms with Crippen molar-refractivity contribution in [1.82, 2.24) is 0 Å². The molecule has 0 amide bonds. The van der Waals surface area contributed by atoms with Gasteiger partial charge >= 0.3 is 0 Å². The van der Waals surface area contributed by atoms with Crippen molar-refractivity contribution in [3.05, 3.63) is 12.2 Å². The summed E-state index contributed by atoms with van der Waals surface area (Å²) in [5, 5.41) is 0. The van der Waals surface area contributed by atoms with Crippen LogP contribution >= 0.6 is 0 Å². The number of aliphatic imine (C=N–C) groups is 1.